The fourth-order valence-electron chi connectivity index (χ4n) is 2.05. The largest absolute Gasteiger partial charge is 0.450 e. The first-order valence-corrected chi connectivity index (χ1v) is 6.12. The van der Waals surface area contributed by atoms with Crippen molar-refractivity contribution in [1.29, 1.82) is 0 Å². The first-order valence-electron chi connectivity index (χ1n) is 6.12. The van der Waals surface area contributed by atoms with Crippen LogP contribution in [-0.4, -0.2) is 22.4 Å². The van der Waals surface area contributed by atoms with Crippen LogP contribution in [0.1, 0.15) is 0 Å². The van der Waals surface area contributed by atoms with Crippen LogP contribution >= 0.6 is 0 Å². The standard InChI is InChI=1S/C13H12B3N2/c1-3-7-12(8-4-1)17-14-11-15-18(16-17)13-9-5-2-6-10-13/h1-10H,11H2. The number of rotatable bonds is 2. The van der Waals surface area contributed by atoms with E-state index >= 15 is 0 Å². The molecule has 83 valence electrons. The Labute approximate surface area is 110 Å². The van der Waals surface area contributed by atoms with Crippen molar-refractivity contribution in [2.45, 2.75) is 6.22 Å². The Bertz CT molecular complexity index is 447. The summed E-state index contributed by atoms with van der Waals surface area (Å²) in [6.45, 7) is 0. The lowest BCUT2D eigenvalue weighted by Gasteiger charge is -2.36. The van der Waals surface area contributed by atoms with Crippen LogP contribution in [0, 0.1) is 0 Å². The van der Waals surface area contributed by atoms with Gasteiger partial charge in [0.2, 0.25) is 14.8 Å². The molecule has 0 amide bonds. The predicted octanol–water partition coefficient (Wildman–Crippen LogP) is 2.16. The van der Waals surface area contributed by atoms with Gasteiger partial charge in [-0.25, -0.2) is 0 Å². The van der Waals surface area contributed by atoms with E-state index < -0.39 is 0 Å². The van der Waals surface area contributed by atoms with Gasteiger partial charge < -0.3 is 9.44 Å². The van der Waals surface area contributed by atoms with E-state index in [1.165, 1.54) is 11.4 Å². The molecule has 2 aromatic rings. The number of hydrogen-bond acceptors (Lipinski definition) is 2. The molecule has 2 nitrogen and oxygen atoms in total. The van der Waals surface area contributed by atoms with Gasteiger partial charge in [0, 0.05) is 11.4 Å². The summed E-state index contributed by atoms with van der Waals surface area (Å²) in [5.74, 6) is 0. The molecule has 1 saturated heterocycles. The summed E-state index contributed by atoms with van der Waals surface area (Å²) in [6.07, 6.45) is 0.931. The van der Waals surface area contributed by atoms with E-state index in [0.717, 1.165) is 6.22 Å². The third-order valence-electron chi connectivity index (χ3n) is 2.96. The van der Waals surface area contributed by atoms with E-state index in [1.54, 1.807) is 0 Å². The van der Waals surface area contributed by atoms with Crippen LogP contribution in [-0.2, 0) is 0 Å². The molecular weight excluding hydrogens is 217 g/mol. The maximum absolute atomic E-state index is 2.18. The molecule has 0 saturated carbocycles. The molecule has 0 bridgehead atoms. The van der Waals surface area contributed by atoms with E-state index in [0.29, 0.717) is 0 Å². The highest BCUT2D eigenvalue weighted by atomic mass is 15.1. The monoisotopic (exact) mass is 229 g/mol. The van der Waals surface area contributed by atoms with Crippen molar-refractivity contribution < 1.29 is 0 Å². The van der Waals surface area contributed by atoms with E-state index in [-0.39, 0.29) is 0 Å². The topological polar surface area (TPSA) is 6.48 Å². The highest BCUT2D eigenvalue weighted by Crippen LogP contribution is 2.19. The SMILES string of the molecule is [B]1C[B]N(c2ccccc2)[B]N1c1ccccc1. The summed E-state index contributed by atoms with van der Waals surface area (Å²) in [5, 5.41) is 0. The van der Waals surface area contributed by atoms with Gasteiger partial charge in [0.25, 0.3) is 0 Å². The zero-order chi connectivity index (χ0) is 12.2. The molecule has 0 atom stereocenters. The van der Waals surface area contributed by atoms with Crippen molar-refractivity contribution in [2.24, 2.45) is 0 Å². The predicted molar refractivity (Wildman–Crippen MR) is 79.9 cm³/mol. The van der Waals surface area contributed by atoms with Gasteiger partial charge in [0.1, 0.15) is 0 Å². The van der Waals surface area contributed by atoms with Crippen molar-refractivity contribution in [3.8, 4) is 0 Å². The Balaban J connectivity index is 1.77. The molecule has 1 fully saturated rings. The molecule has 2 aromatic carbocycles. The van der Waals surface area contributed by atoms with Crippen LogP contribution in [0.25, 0.3) is 0 Å². The fraction of sp³-hybridized carbons (Fsp3) is 0.0769. The molecule has 3 rings (SSSR count). The second-order valence-electron chi connectivity index (χ2n) is 4.20. The second kappa shape index (κ2) is 5.26. The molecule has 1 aliphatic heterocycles. The van der Waals surface area contributed by atoms with Crippen molar-refractivity contribution >= 4 is 33.8 Å². The Morgan fingerprint density at radius 2 is 1.11 bits per heavy atom. The Morgan fingerprint density at radius 3 is 1.56 bits per heavy atom. The second-order valence-corrected chi connectivity index (χ2v) is 4.20. The number of anilines is 2. The highest BCUT2D eigenvalue weighted by Gasteiger charge is 2.22. The van der Waals surface area contributed by atoms with Gasteiger partial charge in [0.15, 0.2) is 0 Å². The van der Waals surface area contributed by atoms with Crippen LogP contribution in [0.4, 0.5) is 11.4 Å². The third-order valence-corrected chi connectivity index (χ3v) is 2.96. The number of benzene rings is 2. The molecule has 0 aromatic heterocycles. The molecule has 5 heteroatoms. The van der Waals surface area contributed by atoms with E-state index in [9.17, 15) is 0 Å². The third kappa shape index (κ3) is 2.40. The maximum atomic E-state index is 2.18. The molecular formula is C13H12B3N2. The van der Waals surface area contributed by atoms with Crippen LogP contribution in [0.15, 0.2) is 60.7 Å². The van der Waals surface area contributed by atoms with Crippen molar-refractivity contribution in [3.63, 3.8) is 0 Å². The Hall–Kier alpha value is -1.77. The average molecular weight is 229 g/mol. The summed E-state index contributed by atoms with van der Waals surface area (Å²) >= 11 is 0. The van der Waals surface area contributed by atoms with Crippen LogP contribution in [0.3, 0.4) is 0 Å². The Morgan fingerprint density at radius 1 is 0.667 bits per heavy atom. The summed E-state index contributed by atoms with van der Waals surface area (Å²) < 4.78 is 4.32. The minimum Gasteiger partial charge on any atom is -0.450 e. The molecule has 0 unspecified atom stereocenters. The smallest absolute Gasteiger partial charge is 0.362 e. The summed E-state index contributed by atoms with van der Waals surface area (Å²) in [4.78, 5) is 0. The zero-order valence-corrected chi connectivity index (χ0v) is 10.1. The van der Waals surface area contributed by atoms with Crippen LogP contribution in [0.5, 0.6) is 0 Å². The Kier molecular flexibility index (Phi) is 3.31. The van der Waals surface area contributed by atoms with E-state index in [4.69, 9.17) is 0 Å². The molecule has 0 spiro atoms. The summed E-state index contributed by atoms with van der Waals surface area (Å²) in [5.41, 5.74) is 2.37. The molecule has 1 aliphatic rings. The van der Waals surface area contributed by atoms with Gasteiger partial charge in [-0.2, -0.15) is 0 Å². The quantitative estimate of drug-likeness (QED) is 0.727. The van der Waals surface area contributed by atoms with Gasteiger partial charge in [0.05, 0.1) is 0 Å². The number of hydrogen-bond donors (Lipinski definition) is 0. The normalized spacial score (nSPS) is 14.4. The maximum Gasteiger partial charge on any atom is 0.362 e. The first-order chi connectivity index (χ1) is 8.93. The van der Waals surface area contributed by atoms with Gasteiger partial charge in [-0.3, -0.25) is 0 Å². The van der Waals surface area contributed by atoms with Gasteiger partial charge >= 0.3 is 7.55 Å². The lowest BCUT2D eigenvalue weighted by molar-refractivity contribution is 1.41. The van der Waals surface area contributed by atoms with Gasteiger partial charge in [-0.15, -0.1) is 0 Å². The minimum atomic E-state index is 0.931. The lowest BCUT2D eigenvalue weighted by Crippen LogP contribution is -2.51. The molecule has 1 heterocycles. The van der Waals surface area contributed by atoms with Crippen LogP contribution < -0.4 is 9.44 Å². The van der Waals surface area contributed by atoms with Crippen molar-refractivity contribution in [3.05, 3.63) is 60.7 Å². The molecule has 0 N–H and O–H groups in total. The number of nitrogens with zero attached hydrogens (tertiary/aromatic N) is 2. The van der Waals surface area contributed by atoms with E-state index in [2.05, 4.69) is 80.4 Å². The molecule has 0 aliphatic carbocycles. The van der Waals surface area contributed by atoms with Gasteiger partial charge in [-0.1, -0.05) is 42.6 Å². The summed E-state index contributed by atoms with van der Waals surface area (Å²) in [6, 6.07) is 20.8. The summed E-state index contributed by atoms with van der Waals surface area (Å²) in [7, 11) is 6.46. The zero-order valence-electron chi connectivity index (χ0n) is 10.1. The molecule has 18 heavy (non-hydrogen) atoms. The molecule has 3 radical (unpaired) electrons. The fourth-order valence-corrected chi connectivity index (χ4v) is 2.05. The first kappa shape index (κ1) is 11.3. The minimum absolute atomic E-state index is 0.931. The van der Waals surface area contributed by atoms with Crippen molar-refractivity contribution in [2.75, 3.05) is 9.44 Å². The number of para-hydroxylation sites is 2. The van der Waals surface area contributed by atoms with E-state index in [1.807, 2.05) is 12.1 Å². The van der Waals surface area contributed by atoms with Crippen LogP contribution in [0.2, 0.25) is 6.22 Å². The van der Waals surface area contributed by atoms with Crippen molar-refractivity contribution in [1.82, 2.24) is 0 Å². The van der Waals surface area contributed by atoms with Gasteiger partial charge in [-0.05, 0) is 24.3 Å². The lowest BCUT2D eigenvalue weighted by atomic mass is 9.56. The average Bonchev–Trinajstić information content (AvgIpc) is 2.49. The highest BCUT2D eigenvalue weighted by molar-refractivity contribution is 6.83.